The summed E-state index contributed by atoms with van der Waals surface area (Å²) in [6, 6.07) is 9.04. The highest BCUT2D eigenvalue weighted by molar-refractivity contribution is 7.92. The topological polar surface area (TPSA) is 63.7 Å². The Morgan fingerprint density at radius 3 is 2.42 bits per heavy atom. The fraction of sp³-hybridized carbons (Fsp3) is 0.188. The number of anilines is 1. The Hall–Kier alpha value is -2.12. The van der Waals surface area contributed by atoms with Gasteiger partial charge < -0.3 is 4.74 Å². The Balaban J connectivity index is 2.59. The second-order valence-corrected chi connectivity index (χ2v) is 7.27. The Morgan fingerprint density at radius 2 is 1.83 bits per heavy atom. The van der Waals surface area contributed by atoms with Gasteiger partial charge in [0.15, 0.2) is 0 Å². The number of rotatable bonds is 5. The van der Waals surface area contributed by atoms with E-state index in [1.54, 1.807) is 19.1 Å². The SMILES string of the molecule is COC(=O)CN(c1cc(Cl)ccc1C)S(=O)(=O)c1ccc(F)cc1. The second-order valence-electron chi connectivity index (χ2n) is 4.97. The minimum Gasteiger partial charge on any atom is -0.468 e. The number of esters is 1. The van der Waals surface area contributed by atoms with Gasteiger partial charge in [0.05, 0.1) is 17.7 Å². The Labute approximate surface area is 144 Å². The molecule has 2 rings (SSSR count). The molecule has 0 spiro atoms. The molecule has 2 aromatic carbocycles. The van der Waals surface area contributed by atoms with Gasteiger partial charge >= 0.3 is 5.97 Å². The summed E-state index contributed by atoms with van der Waals surface area (Å²) in [5.74, 6) is -1.30. The molecule has 0 aliphatic heterocycles. The molecular formula is C16H15ClFNO4S. The van der Waals surface area contributed by atoms with Gasteiger partial charge in [0.1, 0.15) is 12.4 Å². The first-order chi connectivity index (χ1) is 11.3. The highest BCUT2D eigenvalue weighted by atomic mass is 35.5. The molecular weight excluding hydrogens is 357 g/mol. The summed E-state index contributed by atoms with van der Waals surface area (Å²) in [5, 5.41) is 0.319. The number of halogens is 2. The number of carbonyl (C=O) groups is 1. The predicted octanol–water partition coefficient (Wildman–Crippen LogP) is 3.16. The number of nitrogens with zero attached hydrogens (tertiary/aromatic N) is 1. The fourth-order valence-electron chi connectivity index (χ4n) is 2.07. The van der Waals surface area contributed by atoms with Crippen molar-refractivity contribution in [2.45, 2.75) is 11.8 Å². The normalized spacial score (nSPS) is 11.2. The van der Waals surface area contributed by atoms with E-state index >= 15 is 0 Å². The molecule has 24 heavy (non-hydrogen) atoms. The van der Waals surface area contributed by atoms with Gasteiger partial charge in [0, 0.05) is 5.02 Å². The van der Waals surface area contributed by atoms with Crippen LogP contribution >= 0.6 is 11.6 Å². The summed E-state index contributed by atoms with van der Waals surface area (Å²) >= 11 is 5.96. The van der Waals surface area contributed by atoms with E-state index in [2.05, 4.69) is 4.74 Å². The first-order valence-electron chi connectivity index (χ1n) is 6.87. The molecule has 0 amide bonds. The molecule has 0 aromatic heterocycles. The van der Waals surface area contributed by atoms with Crippen molar-refractivity contribution in [1.29, 1.82) is 0 Å². The van der Waals surface area contributed by atoms with Gasteiger partial charge in [0.25, 0.3) is 10.0 Å². The monoisotopic (exact) mass is 371 g/mol. The van der Waals surface area contributed by atoms with E-state index in [1.807, 2.05) is 0 Å². The van der Waals surface area contributed by atoms with E-state index in [-0.39, 0.29) is 10.6 Å². The molecule has 0 radical (unpaired) electrons. The second kappa shape index (κ2) is 7.19. The number of benzene rings is 2. The van der Waals surface area contributed by atoms with E-state index < -0.39 is 28.4 Å². The van der Waals surface area contributed by atoms with Gasteiger partial charge in [-0.25, -0.2) is 12.8 Å². The molecule has 0 heterocycles. The molecule has 8 heteroatoms. The molecule has 0 saturated carbocycles. The number of carbonyl (C=O) groups excluding carboxylic acids is 1. The summed E-state index contributed by atoms with van der Waals surface area (Å²) < 4.78 is 44.4. The van der Waals surface area contributed by atoms with E-state index in [0.717, 1.165) is 35.7 Å². The lowest BCUT2D eigenvalue weighted by molar-refractivity contribution is -0.138. The van der Waals surface area contributed by atoms with Crippen LogP contribution in [0.2, 0.25) is 5.02 Å². The lowest BCUT2D eigenvalue weighted by atomic mass is 10.2. The zero-order chi connectivity index (χ0) is 17.9. The summed E-state index contributed by atoms with van der Waals surface area (Å²) in [5.41, 5.74) is 0.853. The Morgan fingerprint density at radius 1 is 1.21 bits per heavy atom. The van der Waals surface area contributed by atoms with Crippen molar-refractivity contribution in [2.75, 3.05) is 18.0 Å². The fourth-order valence-corrected chi connectivity index (χ4v) is 3.70. The largest absolute Gasteiger partial charge is 0.468 e. The highest BCUT2D eigenvalue weighted by Crippen LogP contribution is 2.29. The van der Waals surface area contributed by atoms with Crippen LogP contribution in [0.4, 0.5) is 10.1 Å². The maximum atomic E-state index is 13.1. The first kappa shape index (κ1) is 18.2. The van der Waals surface area contributed by atoms with E-state index in [4.69, 9.17) is 11.6 Å². The van der Waals surface area contributed by atoms with Crippen molar-refractivity contribution >= 4 is 33.3 Å². The van der Waals surface area contributed by atoms with Crippen molar-refractivity contribution < 1.29 is 22.3 Å². The third-order valence-corrected chi connectivity index (χ3v) is 5.35. The van der Waals surface area contributed by atoms with Gasteiger partial charge in [-0.15, -0.1) is 0 Å². The van der Waals surface area contributed by atoms with Gasteiger partial charge in [-0.2, -0.15) is 0 Å². The quantitative estimate of drug-likeness (QED) is 0.757. The molecule has 5 nitrogen and oxygen atoms in total. The van der Waals surface area contributed by atoms with Crippen molar-refractivity contribution in [3.8, 4) is 0 Å². The van der Waals surface area contributed by atoms with Gasteiger partial charge in [0.2, 0.25) is 0 Å². The van der Waals surface area contributed by atoms with Crippen molar-refractivity contribution in [1.82, 2.24) is 0 Å². The van der Waals surface area contributed by atoms with Crippen LogP contribution in [0.15, 0.2) is 47.4 Å². The van der Waals surface area contributed by atoms with Crippen LogP contribution in [0.25, 0.3) is 0 Å². The molecule has 0 atom stereocenters. The standard InChI is InChI=1S/C16H15ClFNO4S/c1-11-3-4-12(17)9-15(11)19(10-16(20)23-2)24(21,22)14-7-5-13(18)6-8-14/h3-9H,10H2,1-2H3. The number of hydrogen-bond donors (Lipinski definition) is 0. The minimum absolute atomic E-state index is 0.146. The Bertz CT molecular complexity index is 853. The predicted molar refractivity (Wildman–Crippen MR) is 89.1 cm³/mol. The smallest absolute Gasteiger partial charge is 0.326 e. The summed E-state index contributed by atoms with van der Waals surface area (Å²) in [4.78, 5) is 11.6. The molecule has 0 fully saturated rings. The molecule has 0 unspecified atom stereocenters. The van der Waals surface area contributed by atoms with Gasteiger partial charge in [-0.1, -0.05) is 17.7 Å². The van der Waals surface area contributed by atoms with Crippen LogP contribution in [0.1, 0.15) is 5.56 Å². The minimum atomic E-state index is -4.11. The molecule has 0 aliphatic carbocycles. The highest BCUT2D eigenvalue weighted by Gasteiger charge is 2.28. The third-order valence-electron chi connectivity index (χ3n) is 3.34. The van der Waals surface area contributed by atoms with Crippen LogP contribution in [-0.4, -0.2) is 28.0 Å². The number of methoxy groups -OCH3 is 1. The van der Waals surface area contributed by atoms with E-state index in [1.165, 1.54) is 6.07 Å². The number of ether oxygens (including phenoxy) is 1. The Kier molecular flexibility index (Phi) is 5.46. The van der Waals surface area contributed by atoms with E-state index in [9.17, 15) is 17.6 Å². The maximum absolute atomic E-state index is 13.1. The van der Waals surface area contributed by atoms with Crippen molar-refractivity contribution in [2.24, 2.45) is 0 Å². The number of hydrogen-bond acceptors (Lipinski definition) is 4. The molecule has 128 valence electrons. The van der Waals surface area contributed by atoms with E-state index in [0.29, 0.717) is 10.6 Å². The number of aryl methyl sites for hydroxylation is 1. The van der Waals surface area contributed by atoms with Crippen LogP contribution < -0.4 is 4.31 Å². The maximum Gasteiger partial charge on any atom is 0.326 e. The lowest BCUT2D eigenvalue weighted by Gasteiger charge is -2.25. The van der Waals surface area contributed by atoms with Crippen LogP contribution in [0, 0.1) is 12.7 Å². The van der Waals surface area contributed by atoms with Crippen molar-refractivity contribution in [3.05, 3.63) is 58.9 Å². The van der Waals surface area contributed by atoms with Crippen LogP contribution in [0.5, 0.6) is 0 Å². The average Bonchev–Trinajstić information content (AvgIpc) is 2.55. The number of sulfonamides is 1. The third kappa shape index (κ3) is 3.85. The summed E-state index contributed by atoms with van der Waals surface area (Å²) in [7, 11) is -2.95. The molecule has 0 saturated heterocycles. The van der Waals surface area contributed by atoms with Crippen LogP contribution in [-0.2, 0) is 19.6 Å². The summed E-state index contributed by atoms with van der Waals surface area (Å²) in [6.07, 6.45) is 0. The zero-order valence-corrected chi connectivity index (χ0v) is 14.6. The molecule has 2 aromatic rings. The molecule has 0 aliphatic rings. The van der Waals surface area contributed by atoms with Crippen LogP contribution in [0.3, 0.4) is 0 Å². The molecule has 0 N–H and O–H groups in total. The zero-order valence-electron chi connectivity index (χ0n) is 13.0. The average molecular weight is 372 g/mol. The van der Waals surface area contributed by atoms with Gasteiger partial charge in [-0.3, -0.25) is 9.10 Å². The molecule has 0 bridgehead atoms. The van der Waals surface area contributed by atoms with Crippen molar-refractivity contribution in [3.63, 3.8) is 0 Å². The summed E-state index contributed by atoms with van der Waals surface area (Å²) in [6.45, 7) is 1.16. The first-order valence-corrected chi connectivity index (χ1v) is 8.69. The van der Waals surface area contributed by atoms with Gasteiger partial charge in [-0.05, 0) is 48.9 Å². The lowest BCUT2D eigenvalue weighted by Crippen LogP contribution is -2.36.